The standard InChI is InChI=1S/C33H49NO4/c1-22(15-18-34-31(37)38-19-7-10-23-8-5-4-6-9-23)26-11-12-27-30-28(14-17-33(26,27)3)32(2)16-13-25(35)20-24(32)21-29(30)36/h4-10,22,24-30,35-36H,11-21H2,1-3H3,(H,34,37)/b10-7+/t22-,24?,25-,26?,27?,28?,29-,30?,32+,33-/m1/s1. The maximum absolute atomic E-state index is 12.2. The van der Waals surface area contributed by atoms with Crippen LogP contribution in [0.2, 0.25) is 0 Å². The van der Waals surface area contributed by atoms with Gasteiger partial charge in [0.05, 0.1) is 12.2 Å². The molecule has 4 aliphatic rings. The SMILES string of the molecule is C[C@H](CCNC(=O)OC/C=C/c1ccccc1)C1CCC2C3C(CC[C@@]21C)[C@@]1(C)CC[C@@H](O)CC1C[C@H]3O. The molecule has 4 aliphatic carbocycles. The molecule has 38 heavy (non-hydrogen) atoms. The van der Waals surface area contributed by atoms with E-state index in [-0.39, 0.29) is 35.7 Å². The van der Waals surface area contributed by atoms with Gasteiger partial charge in [0, 0.05) is 6.54 Å². The number of benzene rings is 1. The maximum Gasteiger partial charge on any atom is 0.407 e. The molecular formula is C33H49NO4. The number of hydrogen-bond donors (Lipinski definition) is 3. The maximum atomic E-state index is 12.2. The van der Waals surface area contributed by atoms with Crippen LogP contribution >= 0.6 is 0 Å². The average Bonchev–Trinajstić information content (AvgIpc) is 3.25. The molecule has 0 aromatic heterocycles. The van der Waals surface area contributed by atoms with Crippen molar-refractivity contribution in [3.8, 4) is 0 Å². The lowest BCUT2D eigenvalue weighted by Crippen LogP contribution is -2.58. The lowest BCUT2D eigenvalue weighted by atomic mass is 9.43. The molecule has 1 aromatic carbocycles. The Morgan fingerprint density at radius 3 is 2.58 bits per heavy atom. The van der Waals surface area contributed by atoms with Gasteiger partial charge in [-0.05, 0) is 116 Å². The van der Waals surface area contributed by atoms with Gasteiger partial charge in [0.2, 0.25) is 0 Å². The summed E-state index contributed by atoms with van der Waals surface area (Å²) in [6.07, 6.45) is 12.7. The molecule has 0 radical (unpaired) electrons. The Kier molecular flexibility index (Phi) is 8.26. The van der Waals surface area contributed by atoms with Crippen LogP contribution in [0.1, 0.15) is 84.1 Å². The quantitative estimate of drug-likeness (QED) is 0.384. The fourth-order valence-electron chi connectivity index (χ4n) is 9.70. The topological polar surface area (TPSA) is 78.8 Å². The molecule has 1 amide bonds. The Hall–Kier alpha value is -1.85. The fourth-order valence-corrected chi connectivity index (χ4v) is 9.70. The molecular weight excluding hydrogens is 474 g/mol. The predicted octanol–water partition coefficient (Wildman–Crippen LogP) is 6.44. The molecule has 0 saturated heterocycles. The molecule has 0 spiro atoms. The van der Waals surface area contributed by atoms with Crippen molar-refractivity contribution in [2.45, 2.75) is 90.8 Å². The number of ether oxygens (including phenoxy) is 1. The van der Waals surface area contributed by atoms with Crippen molar-refractivity contribution in [2.24, 2.45) is 46.3 Å². The van der Waals surface area contributed by atoms with Gasteiger partial charge in [-0.15, -0.1) is 0 Å². The molecule has 210 valence electrons. The molecule has 4 fully saturated rings. The number of carbonyl (C=O) groups is 1. The Morgan fingerprint density at radius 1 is 1.05 bits per heavy atom. The molecule has 3 N–H and O–H groups in total. The Morgan fingerprint density at radius 2 is 1.79 bits per heavy atom. The number of carbonyl (C=O) groups excluding carboxylic acids is 1. The number of rotatable bonds is 7. The average molecular weight is 524 g/mol. The van der Waals surface area contributed by atoms with Gasteiger partial charge in [-0.3, -0.25) is 0 Å². The van der Waals surface area contributed by atoms with Gasteiger partial charge >= 0.3 is 6.09 Å². The first-order valence-electron chi connectivity index (χ1n) is 15.2. The van der Waals surface area contributed by atoms with Gasteiger partial charge in [-0.1, -0.05) is 57.2 Å². The Bertz CT molecular complexity index is 980. The Labute approximate surface area is 229 Å². The summed E-state index contributed by atoms with van der Waals surface area (Å²) in [4.78, 5) is 12.2. The minimum Gasteiger partial charge on any atom is -0.445 e. The van der Waals surface area contributed by atoms with Gasteiger partial charge < -0.3 is 20.3 Å². The van der Waals surface area contributed by atoms with Gasteiger partial charge in [0.25, 0.3) is 0 Å². The third-order valence-electron chi connectivity index (χ3n) is 11.7. The van der Waals surface area contributed by atoms with Gasteiger partial charge in [-0.2, -0.15) is 0 Å². The first kappa shape index (κ1) is 27.7. The number of amides is 1. The lowest BCUT2D eigenvalue weighted by molar-refractivity contribution is -0.174. The lowest BCUT2D eigenvalue weighted by Gasteiger charge is -2.62. The number of alkyl carbamates (subject to hydrolysis) is 1. The second kappa shape index (κ2) is 11.3. The van der Waals surface area contributed by atoms with E-state index >= 15 is 0 Å². The van der Waals surface area contributed by atoms with Crippen LogP contribution < -0.4 is 5.32 Å². The molecule has 0 aliphatic heterocycles. The molecule has 1 aromatic rings. The van der Waals surface area contributed by atoms with E-state index in [1.807, 2.05) is 42.5 Å². The van der Waals surface area contributed by atoms with Crippen LogP contribution in [0.15, 0.2) is 36.4 Å². The molecule has 0 bridgehead atoms. The van der Waals surface area contributed by atoms with E-state index < -0.39 is 0 Å². The predicted molar refractivity (Wildman–Crippen MR) is 151 cm³/mol. The Balaban J connectivity index is 1.12. The highest BCUT2D eigenvalue weighted by Crippen LogP contribution is 2.68. The molecule has 5 nitrogen and oxygen atoms in total. The van der Waals surface area contributed by atoms with E-state index in [2.05, 4.69) is 26.1 Å². The van der Waals surface area contributed by atoms with Crippen molar-refractivity contribution in [3.05, 3.63) is 42.0 Å². The highest BCUT2D eigenvalue weighted by Gasteiger charge is 2.62. The van der Waals surface area contributed by atoms with Gasteiger partial charge in [0.1, 0.15) is 6.61 Å². The number of nitrogens with one attached hydrogen (secondary N) is 1. The van der Waals surface area contributed by atoms with E-state index in [1.165, 1.54) is 25.7 Å². The van der Waals surface area contributed by atoms with Crippen LogP contribution in [-0.4, -0.2) is 41.7 Å². The minimum atomic E-state index is -0.350. The van der Waals surface area contributed by atoms with Crippen LogP contribution in [0.4, 0.5) is 4.79 Å². The van der Waals surface area contributed by atoms with Crippen molar-refractivity contribution >= 4 is 12.2 Å². The summed E-state index contributed by atoms with van der Waals surface area (Å²) in [5, 5.41) is 24.7. The van der Waals surface area contributed by atoms with E-state index in [1.54, 1.807) is 0 Å². The van der Waals surface area contributed by atoms with Crippen LogP contribution in [0.25, 0.3) is 6.08 Å². The molecule has 5 rings (SSSR count). The van der Waals surface area contributed by atoms with Crippen molar-refractivity contribution in [2.75, 3.05) is 13.2 Å². The summed E-state index contributed by atoms with van der Waals surface area (Å²) >= 11 is 0. The summed E-state index contributed by atoms with van der Waals surface area (Å²) in [5.74, 6) is 3.19. The fraction of sp³-hybridized carbons (Fsp3) is 0.727. The molecule has 5 unspecified atom stereocenters. The third kappa shape index (κ3) is 5.30. The normalized spacial score (nSPS) is 41.1. The van der Waals surface area contributed by atoms with Crippen molar-refractivity contribution in [1.82, 2.24) is 5.32 Å². The van der Waals surface area contributed by atoms with Crippen LogP contribution in [0, 0.1) is 46.3 Å². The minimum absolute atomic E-state index is 0.181. The van der Waals surface area contributed by atoms with Crippen LogP contribution in [-0.2, 0) is 4.74 Å². The van der Waals surface area contributed by atoms with Crippen molar-refractivity contribution in [3.63, 3.8) is 0 Å². The highest BCUT2D eigenvalue weighted by atomic mass is 16.5. The van der Waals surface area contributed by atoms with Gasteiger partial charge in [0.15, 0.2) is 0 Å². The highest BCUT2D eigenvalue weighted by molar-refractivity contribution is 5.67. The van der Waals surface area contributed by atoms with Gasteiger partial charge in [-0.25, -0.2) is 4.79 Å². The number of aliphatic hydroxyl groups is 2. The van der Waals surface area contributed by atoms with Crippen molar-refractivity contribution in [1.29, 1.82) is 0 Å². The monoisotopic (exact) mass is 523 g/mol. The molecule has 5 heteroatoms. The number of hydrogen-bond acceptors (Lipinski definition) is 4. The molecule has 4 saturated carbocycles. The van der Waals surface area contributed by atoms with Crippen LogP contribution in [0.5, 0.6) is 0 Å². The summed E-state index contributed by atoms with van der Waals surface area (Å²) < 4.78 is 5.33. The zero-order chi connectivity index (χ0) is 26.9. The zero-order valence-electron chi connectivity index (χ0n) is 23.6. The van der Waals surface area contributed by atoms with Crippen molar-refractivity contribution < 1.29 is 19.7 Å². The number of aliphatic hydroxyl groups excluding tert-OH is 2. The second-order valence-corrected chi connectivity index (χ2v) is 13.6. The largest absolute Gasteiger partial charge is 0.445 e. The van der Waals surface area contributed by atoms with Crippen LogP contribution in [0.3, 0.4) is 0 Å². The third-order valence-corrected chi connectivity index (χ3v) is 11.7. The molecule has 0 heterocycles. The first-order valence-corrected chi connectivity index (χ1v) is 15.2. The summed E-state index contributed by atoms with van der Waals surface area (Å²) in [6, 6.07) is 10.00. The second-order valence-electron chi connectivity index (χ2n) is 13.6. The first-order chi connectivity index (χ1) is 18.2. The smallest absolute Gasteiger partial charge is 0.407 e. The summed E-state index contributed by atoms with van der Waals surface area (Å²) in [6.45, 7) is 8.25. The molecule has 10 atom stereocenters. The van der Waals surface area contributed by atoms with E-state index in [9.17, 15) is 15.0 Å². The summed E-state index contributed by atoms with van der Waals surface area (Å²) in [7, 11) is 0. The summed E-state index contributed by atoms with van der Waals surface area (Å²) in [5.41, 5.74) is 1.63. The van der Waals surface area contributed by atoms with E-state index in [0.29, 0.717) is 42.1 Å². The van der Waals surface area contributed by atoms with E-state index in [4.69, 9.17) is 4.74 Å². The number of fused-ring (bicyclic) bond motifs is 5. The van der Waals surface area contributed by atoms with E-state index in [0.717, 1.165) is 37.7 Å². The zero-order valence-corrected chi connectivity index (χ0v) is 23.6.